The zero-order chi connectivity index (χ0) is 44.1. The zero-order valence-electron chi connectivity index (χ0n) is 36.1. The van der Waals surface area contributed by atoms with Gasteiger partial charge >= 0.3 is 12.2 Å². The fourth-order valence-electron chi connectivity index (χ4n) is 9.53. The van der Waals surface area contributed by atoms with E-state index in [0.29, 0.717) is 36.9 Å². The van der Waals surface area contributed by atoms with Crippen LogP contribution in [-0.2, 0) is 25.7 Å². The Morgan fingerprint density at radius 1 is 0.937 bits per heavy atom. The van der Waals surface area contributed by atoms with Gasteiger partial charge in [0.25, 0.3) is 5.91 Å². The molecule has 5 aromatic rings. The highest BCUT2D eigenvalue weighted by atomic mass is 16.5. The Kier molecular flexibility index (Phi) is 11.0. The second-order valence-electron chi connectivity index (χ2n) is 17.1. The van der Waals surface area contributed by atoms with Crippen LogP contribution in [0.15, 0.2) is 85.1 Å². The molecule has 1 aliphatic carbocycles. The number of likely N-dealkylation sites (tertiary alicyclic amines) is 2. The largest absolute Gasteiger partial charge is 0.488 e. The summed E-state index contributed by atoms with van der Waals surface area (Å²) in [6.45, 7) is 10.7. The summed E-state index contributed by atoms with van der Waals surface area (Å²) >= 11 is 0. The van der Waals surface area contributed by atoms with Gasteiger partial charge < -0.3 is 44.6 Å². The Balaban J connectivity index is 0.951. The van der Waals surface area contributed by atoms with Gasteiger partial charge in [-0.05, 0) is 96.4 Å². The van der Waals surface area contributed by atoms with E-state index in [4.69, 9.17) is 24.2 Å². The number of piperidine rings is 1. The smallest absolute Gasteiger partial charge is 0.407 e. The van der Waals surface area contributed by atoms with Gasteiger partial charge in [0.1, 0.15) is 36.1 Å². The van der Waals surface area contributed by atoms with Crippen molar-refractivity contribution in [2.45, 2.75) is 83.3 Å². The van der Waals surface area contributed by atoms with E-state index in [9.17, 15) is 19.2 Å². The molecule has 4 N–H and O–H groups in total. The maximum Gasteiger partial charge on any atom is 0.407 e. The third-order valence-corrected chi connectivity index (χ3v) is 12.9. The predicted molar refractivity (Wildman–Crippen MR) is 237 cm³/mol. The first-order valence-corrected chi connectivity index (χ1v) is 21.5. The van der Waals surface area contributed by atoms with Crippen LogP contribution in [-0.4, -0.2) is 92.6 Å². The third kappa shape index (κ3) is 7.69. The van der Waals surface area contributed by atoms with E-state index in [-0.39, 0.29) is 35.9 Å². The molecule has 0 spiro atoms. The summed E-state index contributed by atoms with van der Waals surface area (Å²) < 4.78 is 16.1. The topological polar surface area (TPSA) is 184 Å². The number of hydrogen-bond donors (Lipinski definition) is 4. The van der Waals surface area contributed by atoms with Crippen molar-refractivity contribution in [3.05, 3.63) is 102 Å². The number of ether oxygens (including phenoxy) is 3. The molecule has 4 aliphatic rings. The van der Waals surface area contributed by atoms with Crippen LogP contribution in [0.5, 0.6) is 5.75 Å². The molecular weight excluding hydrogens is 801 g/mol. The lowest BCUT2D eigenvalue weighted by Crippen LogP contribution is -2.52. The van der Waals surface area contributed by atoms with Gasteiger partial charge in [-0.15, -0.1) is 0 Å². The van der Waals surface area contributed by atoms with Gasteiger partial charge in [0.05, 0.1) is 49.2 Å². The lowest BCUT2D eigenvalue weighted by atomic mass is 9.92. The van der Waals surface area contributed by atoms with Crippen molar-refractivity contribution in [1.82, 2.24) is 40.4 Å². The second kappa shape index (κ2) is 16.8. The molecule has 6 atom stereocenters. The van der Waals surface area contributed by atoms with E-state index in [2.05, 4.69) is 63.6 Å². The predicted octanol–water partition coefficient (Wildman–Crippen LogP) is 7.78. The molecule has 3 aromatic carbocycles. The van der Waals surface area contributed by atoms with Crippen molar-refractivity contribution in [1.29, 1.82) is 0 Å². The molecule has 2 aromatic heterocycles. The van der Waals surface area contributed by atoms with Crippen molar-refractivity contribution >= 4 is 45.8 Å². The minimum atomic E-state index is -0.995. The molecule has 0 unspecified atom stereocenters. The summed E-state index contributed by atoms with van der Waals surface area (Å²) in [6, 6.07) is 12.5. The van der Waals surface area contributed by atoms with Crippen molar-refractivity contribution in [2.24, 2.45) is 11.8 Å². The van der Waals surface area contributed by atoms with Gasteiger partial charge in [-0.1, -0.05) is 62.9 Å². The molecule has 0 bridgehead atoms. The fourth-order valence-corrected chi connectivity index (χ4v) is 9.53. The number of amides is 4. The van der Waals surface area contributed by atoms with Crippen molar-refractivity contribution < 1.29 is 33.4 Å². The number of imidazole rings is 2. The van der Waals surface area contributed by atoms with Gasteiger partial charge in [-0.2, -0.15) is 0 Å². The molecule has 5 heterocycles. The minimum absolute atomic E-state index is 0.114. The monoisotopic (exact) mass is 852 g/mol. The van der Waals surface area contributed by atoms with E-state index in [1.807, 2.05) is 43.9 Å². The fraction of sp³-hybridized carbons (Fsp3) is 0.375. The summed E-state index contributed by atoms with van der Waals surface area (Å²) in [5.74, 6) is 2.08. The molecule has 4 amide bonds. The Morgan fingerprint density at radius 2 is 1.75 bits per heavy atom. The number of fused-ring (bicyclic) bond motifs is 7. The second-order valence-corrected chi connectivity index (χ2v) is 17.1. The number of carbonyl (C=O) groups is 4. The number of nitrogens with one attached hydrogen (secondary N) is 4. The number of benzene rings is 3. The Morgan fingerprint density at radius 3 is 2.52 bits per heavy atom. The first kappa shape index (κ1) is 41.5. The molecule has 326 valence electrons. The third-order valence-electron chi connectivity index (χ3n) is 12.9. The first-order chi connectivity index (χ1) is 30.5. The van der Waals surface area contributed by atoms with Gasteiger partial charge in [-0.3, -0.25) is 9.59 Å². The number of H-pyrrole nitrogens is 2. The molecule has 9 rings (SSSR count). The molecule has 3 fully saturated rings. The maximum absolute atomic E-state index is 14.0. The number of hydrogen-bond acceptors (Lipinski definition) is 9. The van der Waals surface area contributed by atoms with E-state index >= 15 is 0 Å². The molecule has 2 saturated heterocycles. The maximum atomic E-state index is 14.0. The van der Waals surface area contributed by atoms with E-state index in [0.717, 1.165) is 80.6 Å². The molecular formula is C48H52N8O7. The normalized spacial score (nSPS) is 21.0. The van der Waals surface area contributed by atoms with Gasteiger partial charge in [-0.25, -0.2) is 19.6 Å². The Hall–Kier alpha value is -6.90. The number of aromatic nitrogens is 4. The quantitative estimate of drug-likeness (QED) is 0.0964. The van der Waals surface area contributed by atoms with Gasteiger partial charge in [0.15, 0.2) is 0 Å². The number of methoxy groups -OCH3 is 2. The van der Waals surface area contributed by atoms with E-state index in [1.165, 1.54) is 14.2 Å². The number of carbonyl (C=O) groups excluding carboxylic acids is 4. The number of nitrogens with zero attached hydrogens (tertiary/aromatic N) is 4. The Bertz CT molecular complexity index is 2710. The number of aromatic amines is 2. The van der Waals surface area contributed by atoms with Crippen LogP contribution in [0.1, 0.15) is 75.8 Å². The number of rotatable bonds is 11. The average molecular weight is 853 g/mol. The highest BCUT2D eigenvalue weighted by Crippen LogP contribution is 2.54. The lowest BCUT2D eigenvalue weighted by Gasteiger charge is -2.31. The first-order valence-electron chi connectivity index (χ1n) is 21.5. The molecule has 15 nitrogen and oxygen atoms in total. The summed E-state index contributed by atoms with van der Waals surface area (Å²) in [6.07, 6.45) is 10.9. The summed E-state index contributed by atoms with van der Waals surface area (Å²) in [4.78, 5) is 72.9. The zero-order valence-corrected chi connectivity index (χ0v) is 36.1. The van der Waals surface area contributed by atoms with Crippen molar-refractivity contribution in [3.8, 4) is 28.1 Å². The summed E-state index contributed by atoms with van der Waals surface area (Å²) in [5, 5.41) is 7.41. The van der Waals surface area contributed by atoms with Crippen LogP contribution in [0.2, 0.25) is 0 Å². The SMILES string of the molecule is C=C(/C=C\C=C/C)[C@@H](NC(=O)OC)C(=O)N1CCC[C@H]1c1ncc(-c2ccc3c(c2)COc2cc4c(ccc5nc([C@@H]6C[C@H]7C[C@H]7N6C(=O)[C@@H](NC(=O)OC)C(C)C)[nH]c54)cc2-3)[nH]1. The van der Waals surface area contributed by atoms with E-state index < -0.39 is 24.3 Å². The number of alkyl carbamates (subject to hydrolysis) is 2. The molecule has 1 saturated carbocycles. The van der Waals surface area contributed by atoms with Crippen LogP contribution < -0.4 is 15.4 Å². The number of allylic oxidation sites excluding steroid dienone is 3. The summed E-state index contributed by atoms with van der Waals surface area (Å²) in [7, 11) is 2.56. The molecule has 63 heavy (non-hydrogen) atoms. The van der Waals surface area contributed by atoms with Gasteiger partial charge in [0.2, 0.25) is 5.91 Å². The molecule has 15 heteroatoms. The van der Waals surface area contributed by atoms with Crippen LogP contribution in [0, 0.1) is 11.8 Å². The molecule has 3 aliphatic heterocycles. The Labute approximate surface area is 364 Å². The van der Waals surface area contributed by atoms with Crippen LogP contribution in [0.4, 0.5) is 9.59 Å². The van der Waals surface area contributed by atoms with Crippen molar-refractivity contribution in [2.75, 3.05) is 20.8 Å². The van der Waals surface area contributed by atoms with Crippen molar-refractivity contribution in [3.63, 3.8) is 0 Å². The lowest BCUT2D eigenvalue weighted by molar-refractivity contribution is -0.136. The van der Waals surface area contributed by atoms with Gasteiger partial charge in [0, 0.05) is 23.5 Å². The van der Waals surface area contributed by atoms with Crippen LogP contribution in [0.25, 0.3) is 44.2 Å². The minimum Gasteiger partial charge on any atom is -0.488 e. The van der Waals surface area contributed by atoms with Crippen LogP contribution in [0.3, 0.4) is 0 Å². The van der Waals surface area contributed by atoms with E-state index in [1.54, 1.807) is 23.2 Å². The summed E-state index contributed by atoms with van der Waals surface area (Å²) in [5.41, 5.74) is 6.98. The van der Waals surface area contributed by atoms with Crippen LogP contribution >= 0.6 is 0 Å². The standard InChI is InChI=1S/C48H52N8O7/c1-7-8-9-11-26(4)41(54-48(60)62-6)45(57)55-17-10-12-36(55)43-49-23-35(51-43)28-13-15-31-30(18-28)24-63-39-22-32-27(19-33(31)39)14-16-34-42(32)52-44(50-34)38-21-29-20-37(29)56(38)46(58)40(25(2)3)53-47(59)61-5/h7-9,11,13-16,18-19,22-23,25,29,36-38,40-41H,4,10,12,17,20-21,24H2,1-3,5-6H3,(H,49,51)(H,50,52)(H,53,59)(H,54,60)/b8-7-,11-9-/t29-,36+,37-,38+,40+,41-/m1/s1. The highest BCUT2D eigenvalue weighted by molar-refractivity contribution is 6.07. The molecule has 0 radical (unpaired) electrons. The average Bonchev–Trinajstić information content (AvgIpc) is 3.80. The highest BCUT2D eigenvalue weighted by Gasteiger charge is 2.56.